The van der Waals surface area contributed by atoms with Crippen LogP contribution in [0.5, 0.6) is 5.75 Å². The van der Waals surface area contributed by atoms with Gasteiger partial charge in [-0.25, -0.2) is 4.68 Å². The molecule has 0 bridgehead atoms. The number of ether oxygens (including phenoxy) is 1. The van der Waals surface area contributed by atoms with E-state index < -0.39 is 0 Å². The Labute approximate surface area is 187 Å². The second-order valence-corrected chi connectivity index (χ2v) is 8.22. The van der Waals surface area contributed by atoms with E-state index in [1.807, 2.05) is 41.1 Å². The smallest absolute Gasteiger partial charge is 0.276 e. The average molecular weight is 431 g/mol. The summed E-state index contributed by atoms with van der Waals surface area (Å²) in [4.78, 5) is 27.4. The van der Waals surface area contributed by atoms with Crippen LogP contribution in [0.3, 0.4) is 0 Å². The normalized spacial score (nSPS) is 15.5. The lowest BCUT2D eigenvalue weighted by Gasteiger charge is -2.28. The fourth-order valence-electron chi connectivity index (χ4n) is 4.63. The summed E-state index contributed by atoms with van der Waals surface area (Å²) in [6, 6.07) is 15.3. The molecule has 0 radical (unpaired) electrons. The number of fused-ring (bicyclic) bond motifs is 1. The van der Waals surface area contributed by atoms with Crippen LogP contribution in [0.25, 0.3) is 5.69 Å². The summed E-state index contributed by atoms with van der Waals surface area (Å²) < 4.78 is 7.37. The zero-order chi connectivity index (χ0) is 22.1. The van der Waals surface area contributed by atoms with Gasteiger partial charge in [-0.1, -0.05) is 18.2 Å². The number of anilines is 2. The molecule has 1 aromatic heterocycles. The summed E-state index contributed by atoms with van der Waals surface area (Å²) in [6.45, 7) is 0.654. The Morgan fingerprint density at radius 2 is 1.88 bits per heavy atom. The summed E-state index contributed by atoms with van der Waals surface area (Å²) >= 11 is 0. The minimum atomic E-state index is -0.237. The molecule has 7 heteroatoms. The molecule has 2 aliphatic rings. The molecular formula is C25H26N4O3. The largest absolute Gasteiger partial charge is 0.495 e. The quantitative estimate of drug-likeness (QED) is 0.660. The summed E-state index contributed by atoms with van der Waals surface area (Å²) in [5.41, 5.74) is 4.86. The number of carbonyl (C=O) groups excluding carboxylic acids is 2. The maximum Gasteiger partial charge on any atom is 0.276 e. The first kappa shape index (κ1) is 20.3. The maximum absolute atomic E-state index is 13.2. The van der Waals surface area contributed by atoms with Gasteiger partial charge in [0, 0.05) is 29.9 Å². The van der Waals surface area contributed by atoms with E-state index in [2.05, 4.69) is 10.4 Å². The lowest BCUT2D eigenvalue weighted by Crippen LogP contribution is -2.35. The van der Waals surface area contributed by atoms with E-state index in [0.29, 0.717) is 35.8 Å². The third kappa shape index (κ3) is 3.64. The Kier molecular flexibility index (Phi) is 5.39. The lowest BCUT2D eigenvalue weighted by molar-refractivity contribution is -0.119. The molecule has 7 nitrogen and oxygen atoms in total. The van der Waals surface area contributed by atoms with Crippen LogP contribution in [0.15, 0.2) is 48.5 Å². The molecule has 5 rings (SSSR count). The molecule has 1 fully saturated rings. The van der Waals surface area contributed by atoms with Gasteiger partial charge in [0.25, 0.3) is 5.91 Å². The van der Waals surface area contributed by atoms with E-state index >= 15 is 0 Å². The SMILES string of the molecule is COc1ccc(NC(=O)c2nn(-c3ccccc3)c3c2CCC3)cc1N1CCCCC1=O. The van der Waals surface area contributed by atoms with Crippen LogP contribution in [0.1, 0.15) is 47.4 Å². The number of rotatable bonds is 5. The van der Waals surface area contributed by atoms with Gasteiger partial charge in [0.05, 0.1) is 18.5 Å². The molecule has 2 aromatic carbocycles. The Balaban J connectivity index is 1.45. The predicted octanol–water partition coefficient (Wildman–Crippen LogP) is 4.14. The van der Waals surface area contributed by atoms with E-state index in [0.717, 1.165) is 49.0 Å². The standard InChI is InChI=1S/C25H26N4O3/c1-32-22-14-13-17(16-21(22)28-15-6-5-12-23(28)30)26-25(31)24-19-10-7-11-20(19)29(27-24)18-8-3-2-4-9-18/h2-4,8-9,13-14,16H,5-7,10-12,15H2,1H3,(H,26,31). The molecular weight excluding hydrogens is 404 g/mol. The Bertz CT molecular complexity index is 1170. The van der Waals surface area contributed by atoms with Gasteiger partial charge in [-0.2, -0.15) is 5.10 Å². The highest BCUT2D eigenvalue weighted by Crippen LogP contribution is 2.34. The van der Waals surface area contributed by atoms with Gasteiger partial charge in [-0.3, -0.25) is 9.59 Å². The molecule has 2 amide bonds. The maximum atomic E-state index is 13.2. The highest BCUT2D eigenvalue weighted by molar-refractivity contribution is 6.05. The van der Waals surface area contributed by atoms with Gasteiger partial charge >= 0.3 is 0 Å². The number of carbonyl (C=O) groups is 2. The lowest BCUT2D eigenvalue weighted by atomic mass is 10.1. The van der Waals surface area contributed by atoms with Crippen LogP contribution in [0.4, 0.5) is 11.4 Å². The van der Waals surface area contributed by atoms with Gasteiger partial charge in [-0.15, -0.1) is 0 Å². The zero-order valence-corrected chi connectivity index (χ0v) is 18.1. The van der Waals surface area contributed by atoms with Crippen LogP contribution in [0.2, 0.25) is 0 Å². The molecule has 0 atom stereocenters. The number of methoxy groups -OCH3 is 1. The van der Waals surface area contributed by atoms with Crippen molar-refractivity contribution in [1.82, 2.24) is 9.78 Å². The topological polar surface area (TPSA) is 76.5 Å². The van der Waals surface area contributed by atoms with E-state index in [4.69, 9.17) is 4.74 Å². The third-order valence-electron chi connectivity index (χ3n) is 6.20. The van der Waals surface area contributed by atoms with Crippen molar-refractivity contribution in [2.24, 2.45) is 0 Å². The number of amides is 2. The van der Waals surface area contributed by atoms with Gasteiger partial charge in [0.1, 0.15) is 5.75 Å². The molecule has 2 heterocycles. The molecule has 32 heavy (non-hydrogen) atoms. The van der Waals surface area contributed by atoms with Crippen LogP contribution in [0, 0.1) is 0 Å². The molecule has 1 saturated heterocycles. The van der Waals surface area contributed by atoms with Crippen LogP contribution in [-0.4, -0.2) is 35.2 Å². The molecule has 0 saturated carbocycles. The molecule has 0 spiro atoms. The Morgan fingerprint density at radius 3 is 2.66 bits per heavy atom. The number of hydrogen-bond acceptors (Lipinski definition) is 4. The summed E-state index contributed by atoms with van der Waals surface area (Å²) in [6.07, 6.45) is 5.17. The van der Waals surface area contributed by atoms with Crippen molar-refractivity contribution in [3.8, 4) is 11.4 Å². The van der Waals surface area contributed by atoms with E-state index in [9.17, 15) is 9.59 Å². The number of nitrogens with zero attached hydrogens (tertiary/aromatic N) is 3. The second-order valence-electron chi connectivity index (χ2n) is 8.22. The third-order valence-corrected chi connectivity index (χ3v) is 6.20. The van der Waals surface area contributed by atoms with E-state index in [1.54, 1.807) is 24.1 Å². The molecule has 1 aliphatic heterocycles. The number of para-hydroxylation sites is 1. The van der Waals surface area contributed by atoms with Gasteiger partial charge in [0.2, 0.25) is 5.91 Å². The van der Waals surface area contributed by atoms with Crippen molar-refractivity contribution < 1.29 is 14.3 Å². The summed E-state index contributed by atoms with van der Waals surface area (Å²) in [7, 11) is 1.59. The van der Waals surface area contributed by atoms with Gasteiger partial charge in [0.15, 0.2) is 5.69 Å². The first-order valence-corrected chi connectivity index (χ1v) is 11.1. The molecule has 3 aromatic rings. The number of benzene rings is 2. The number of hydrogen-bond donors (Lipinski definition) is 1. The fraction of sp³-hybridized carbons (Fsp3) is 0.320. The monoisotopic (exact) mass is 430 g/mol. The molecule has 1 N–H and O–H groups in total. The summed E-state index contributed by atoms with van der Waals surface area (Å²) in [5.74, 6) is 0.462. The predicted molar refractivity (Wildman–Crippen MR) is 123 cm³/mol. The minimum absolute atomic E-state index is 0.0810. The van der Waals surface area contributed by atoms with Crippen LogP contribution >= 0.6 is 0 Å². The molecule has 0 unspecified atom stereocenters. The first-order chi connectivity index (χ1) is 15.7. The molecule has 164 valence electrons. The fourth-order valence-corrected chi connectivity index (χ4v) is 4.63. The van der Waals surface area contributed by atoms with Crippen molar-refractivity contribution >= 4 is 23.2 Å². The minimum Gasteiger partial charge on any atom is -0.495 e. The Morgan fingerprint density at radius 1 is 1.03 bits per heavy atom. The number of piperidine rings is 1. The number of aromatic nitrogens is 2. The second kappa shape index (κ2) is 8.49. The first-order valence-electron chi connectivity index (χ1n) is 11.1. The van der Waals surface area contributed by atoms with E-state index in [1.165, 1.54) is 0 Å². The van der Waals surface area contributed by atoms with Gasteiger partial charge < -0.3 is 15.0 Å². The van der Waals surface area contributed by atoms with Crippen molar-refractivity contribution in [3.63, 3.8) is 0 Å². The van der Waals surface area contributed by atoms with Crippen molar-refractivity contribution in [2.75, 3.05) is 23.9 Å². The summed E-state index contributed by atoms with van der Waals surface area (Å²) in [5, 5.41) is 7.66. The highest BCUT2D eigenvalue weighted by atomic mass is 16.5. The highest BCUT2D eigenvalue weighted by Gasteiger charge is 2.28. The van der Waals surface area contributed by atoms with Gasteiger partial charge in [-0.05, 0) is 62.4 Å². The van der Waals surface area contributed by atoms with Crippen molar-refractivity contribution in [2.45, 2.75) is 38.5 Å². The average Bonchev–Trinajstić information content (AvgIpc) is 3.43. The van der Waals surface area contributed by atoms with Crippen molar-refractivity contribution in [1.29, 1.82) is 0 Å². The van der Waals surface area contributed by atoms with Crippen LogP contribution < -0.4 is 15.0 Å². The zero-order valence-electron chi connectivity index (χ0n) is 18.1. The number of nitrogens with one attached hydrogen (secondary N) is 1. The van der Waals surface area contributed by atoms with E-state index in [-0.39, 0.29) is 11.8 Å². The molecule has 1 aliphatic carbocycles. The van der Waals surface area contributed by atoms with Crippen molar-refractivity contribution in [3.05, 3.63) is 65.5 Å². The van der Waals surface area contributed by atoms with Crippen LogP contribution in [-0.2, 0) is 17.6 Å². The Hall–Kier alpha value is -3.61.